The second kappa shape index (κ2) is 5.80. The summed E-state index contributed by atoms with van der Waals surface area (Å²) in [5.74, 6) is -2.46. The highest BCUT2D eigenvalue weighted by Gasteiger charge is 2.35. The molecular formula is C12H19NO4. The lowest BCUT2D eigenvalue weighted by atomic mass is 9.98. The van der Waals surface area contributed by atoms with Gasteiger partial charge in [-0.1, -0.05) is 13.8 Å². The van der Waals surface area contributed by atoms with Crippen LogP contribution < -0.4 is 0 Å². The molecule has 2 unspecified atom stereocenters. The molecule has 0 aromatic carbocycles. The minimum Gasteiger partial charge on any atom is -0.480 e. The number of carboxylic acid groups (broad SMARTS) is 1. The molecule has 5 heteroatoms. The molecule has 0 aromatic heterocycles. The molecule has 1 rings (SSSR count). The fourth-order valence-electron chi connectivity index (χ4n) is 1.97. The van der Waals surface area contributed by atoms with Crippen molar-refractivity contribution < 1.29 is 19.5 Å². The average molecular weight is 241 g/mol. The Morgan fingerprint density at radius 2 is 2.00 bits per heavy atom. The Hall–Kier alpha value is -1.39. The molecule has 0 bridgehead atoms. The van der Waals surface area contributed by atoms with E-state index in [0.717, 1.165) is 12.8 Å². The second-order valence-electron chi connectivity index (χ2n) is 4.52. The second-order valence-corrected chi connectivity index (χ2v) is 4.52. The fourth-order valence-corrected chi connectivity index (χ4v) is 1.97. The van der Waals surface area contributed by atoms with Crippen molar-refractivity contribution in [2.75, 3.05) is 6.54 Å². The lowest BCUT2D eigenvalue weighted by Gasteiger charge is -2.32. The summed E-state index contributed by atoms with van der Waals surface area (Å²) in [6.07, 6.45) is 2.59. The first-order valence-electron chi connectivity index (χ1n) is 6.06. The van der Waals surface area contributed by atoms with Gasteiger partial charge in [-0.3, -0.25) is 9.59 Å². The maximum absolute atomic E-state index is 11.9. The summed E-state index contributed by atoms with van der Waals surface area (Å²) in [5, 5.41) is 9.03. The number of Topliss-reactive ketones (excluding diaryl/α,β-unsaturated/α-hetero) is 1. The van der Waals surface area contributed by atoms with Gasteiger partial charge in [-0.05, 0) is 25.7 Å². The maximum atomic E-state index is 11.9. The van der Waals surface area contributed by atoms with E-state index in [0.29, 0.717) is 19.4 Å². The molecule has 0 radical (unpaired) electrons. The quantitative estimate of drug-likeness (QED) is 0.747. The predicted octanol–water partition coefficient (Wildman–Crippen LogP) is 1.07. The molecule has 0 spiro atoms. The Morgan fingerprint density at radius 3 is 2.53 bits per heavy atom. The molecule has 96 valence electrons. The van der Waals surface area contributed by atoms with Gasteiger partial charge in [0.1, 0.15) is 6.04 Å². The molecule has 1 heterocycles. The van der Waals surface area contributed by atoms with E-state index >= 15 is 0 Å². The van der Waals surface area contributed by atoms with Crippen molar-refractivity contribution in [3.05, 3.63) is 0 Å². The number of likely N-dealkylation sites (tertiary alicyclic amines) is 1. The molecule has 5 nitrogen and oxygen atoms in total. The van der Waals surface area contributed by atoms with E-state index in [4.69, 9.17) is 5.11 Å². The highest BCUT2D eigenvalue weighted by molar-refractivity contribution is 6.37. The zero-order valence-corrected chi connectivity index (χ0v) is 10.3. The number of amides is 1. The smallest absolute Gasteiger partial charge is 0.326 e. The number of hydrogen-bond donors (Lipinski definition) is 1. The highest BCUT2D eigenvalue weighted by atomic mass is 16.4. The average Bonchev–Trinajstić information content (AvgIpc) is 2.35. The predicted molar refractivity (Wildman–Crippen MR) is 61.4 cm³/mol. The Labute approximate surface area is 101 Å². The molecule has 0 saturated carbocycles. The molecule has 1 fully saturated rings. The van der Waals surface area contributed by atoms with Gasteiger partial charge in [-0.15, -0.1) is 0 Å². The molecule has 17 heavy (non-hydrogen) atoms. The van der Waals surface area contributed by atoms with E-state index in [1.54, 1.807) is 6.92 Å². The van der Waals surface area contributed by atoms with Gasteiger partial charge in [0.2, 0.25) is 5.78 Å². The van der Waals surface area contributed by atoms with Crippen LogP contribution in [0.25, 0.3) is 0 Å². The highest BCUT2D eigenvalue weighted by Crippen LogP contribution is 2.19. The number of hydrogen-bond acceptors (Lipinski definition) is 3. The van der Waals surface area contributed by atoms with Crippen molar-refractivity contribution in [2.24, 2.45) is 5.92 Å². The zero-order valence-electron chi connectivity index (χ0n) is 10.3. The minimum absolute atomic E-state index is 0.334. The number of nitrogens with zero attached hydrogens (tertiary/aromatic N) is 1. The number of carboxylic acids is 1. The summed E-state index contributed by atoms with van der Waals surface area (Å²) in [7, 11) is 0. The lowest BCUT2D eigenvalue weighted by molar-refractivity contribution is -0.156. The Kier molecular flexibility index (Phi) is 4.66. The third-order valence-corrected chi connectivity index (χ3v) is 3.32. The first-order valence-corrected chi connectivity index (χ1v) is 6.06. The van der Waals surface area contributed by atoms with Crippen LogP contribution in [0.3, 0.4) is 0 Å². The standard InChI is InChI=1S/C12H19NO4/c1-3-8(2)10(14)11(15)13-7-5-4-6-9(13)12(16)17/h8-9H,3-7H2,1-2H3,(H,16,17). The van der Waals surface area contributed by atoms with Crippen LogP contribution in [0.2, 0.25) is 0 Å². The number of carbonyl (C=O) groups excluding carboxylic acids is 2. The van der Waals surface area contributed by atoms with Crippen LogP contribution in [0.1, 0.15) is 39.5 Å². The van der Waals surface area contributed by atoms with Gasteiger partial charge in [0.25, 0.3) is 5.91 Å². The Morgan fingerprint density at radius 1 is 1.35 bits per heavy atom. The number of carbonyl (C=O) groups is 3. The topological polar surface area (TPSA) is 74.7 Å². The molecule has 1 saturated heterocycles. The molecule has 1 aliphatic rings. The number of ketones is 1. The molecule has 1 N–H and O–H groups in total. The van der Waals surface area contributed by atoms with Gasteiger partial charge in [-0.2, -0.15) is 0 Å². The summed E-state index contributed by atoms with van der Waals surface area (Å²) >= 11 is 0. The van der Waals surface area contributed by atoms with E-state index in [1.165, 1.54) is 4.90 Å². The van der Waals surface area contributed by atoms with Crippen LogP contribution in [0.5, 0.6) is 0 Å². The monoisotopic (exact) mass is 241 g/mol. The zero-order chi connectivity index (χ0) is 13.0. The van der Waals surface area contributed by atoms with Crippen molar-refractivity contribution in [3.8, 4) is 0 Å². The molecule has 0 aliphatic carbocycles. The van der Waals surface area contributed by atoms with E-state index < -0.39 is 23.7 Å². The number of aliphatic carboxylic acids is 1. The van der Waals surface area contributed by atoms with Crippen LogP contribution >= 0.6 is 0 Å². The van der Waals surface area contributed by atoms with Gasteiger partial charge in [-0.25, -0.2) is 4.79 Å². The fraction of sp³-hybridized carbons (Fsp3) is 0.750. The molecular weight excluding hydrogens is 222 g/mol. The van der Waals surface area contributed by atoms with E-state index in [1.807, 2.05) is 6.92 Å². The lowest BCUT2D eigenvalue weighted by Crippen LogP contribution is -2.51. The van der Waals surface area contributed by atoms with Crippen LogP contribution in [0, 0.1) is 5.92 Å². The van der Waals surface area contributed by atoms with Gasteiger partial charge in [0.15, 0.2) is 0 Å². The van der Waals surface area contributed by atoms with Crippen molar-refractivity contribution in [1.29, 1.82) is 0 Å². The van der Waals surface area contributed by atoms with Crippen LogP contribution in [-0.4, -0.2) is 40.3 Å². The van der Waals surface area contributed by atoms with Gasteiger partial charge in [0, 0.05) is 12.5 Å². The summed E-state index contributed by atoms with van der Waals surface area (Å²) in [6, 6.07) is -0.829. The van der Waals surface area contributed by atoms with Crippen molar-refractivity contribution in [1.82, 2.24) is 4.90 Å². The van der Waals surface area contributed by atoms with Crippen molar-refractivity contribution in [3.63, 3.8) is 0 Å². The third-order valence-electron chi connectivity index (χ3n) is 3.32. The normalized spacial score (nSPS) is 22.0. The summed E-state index contributed by atoms with van der Waals surface area (Å²) in [5.41, 5.74) is 0. The summed E-state index contributed by atoms with van der Waals surface area (Å²) in [4.78, 5) is 35.9. The third kappa shape index (κ3) is 3.05. The van der Waals surface area contributed by atoms with Gasteiger partial charge >= 0.3 is 5.97 Å². The van der Waals surface area contributed by atoms with E-state index in [9.17, 15) is 14.4 Å². The maximum Gasteiger partial charge on any atom is 0.326 e. The molecule has 1 amide bonds. The van der Waals surface area contributed by atoms with Crippen LogP contribution in [0.4, 0.5) is 0 Å². The first kappa shape index (κ1) is 13.7. The molecule has 0 aromatic rings. The van der Waals surface area contributed by atoms with Gasteiger partial charge in [0.05, 0.1) is 0 Å². The van der Waals surface area contributed by atoms with Gasteiger partial charge < -0.3 is 10.0 Å². The summed E-state index contributed by atoms with van der Waals surface area (Å²) in [6.45, 7) is 3.90. The Bertz CT molecular complexity index is 326. The van der Waals surface area contributed by atoms with Crippen LogP contribution in [0.15, 0.2) is 0 Å². The molecule has 2 atom stereocenters. The number of piperidine rings is 1. The number of rotatable bonds is 4. The van der Waals surface area contributed by atoms with E-state index in [-0.39, 0.29) is 5.92 Å². The van der Waals surface area contributed by atoms with E-state index in [2.05, 4.69) is 0 Å². The Balaban J connectivity index is 2.78. The van der Waals surface area contributed by atoms with Crippen LogP contribution in [-0.2, 0) is 14.4 Å². The first-order chi connectivity index (χ1) is 7.99. The largest absolute Gasteiger partial charge is 0.480 e. The van der Waals surface area contributed by atoms with Crippen molar-refractivity contribution >= 4 is 17.7 Å². The molecule has 1 aliphatic heterocycles. The minimum atomic E-state index is -1.02. The summed E-state index contributed by atoms with van der Waals surface area (Å²) < 4.78 is 0. The SMILES string of the molecule is CCC(C)C(=O)C(=O)N1CCCCC1C(=O)O. The van der Waals surface area contributed by atoms with Crippen molar-refractivity contribution in [2.45, 2.75) is 45.6 Å².